The van der Waals surface area contributed by atoms with Crippen LogP contribution in [0.3, 0.4) is 0 Å². The van der Waals surface area contributed by atoms with Crippen molar-refractivity contribution in [3.05, 3.63) is 34.9 Å². The summed E-state index contributed by atoms with van der Waals surface area (Å²) < 4.78 is 0. The number of benzene rings is 1. The average Bonchev–Trinajstić information content (AvgIpc) is 2.71. The monoisotopic (exact) mass is 293 g/mol. The lowest BCUT2D eigenvalue weighted by atomic mass is 9.80. The van der Waals surface area contributed by atoms with Gasteiger partial charge in [-0.15, -0.1) is 0 Å². The highest BCUT2D eigenvalue weighted by Gasteiger charge is 2.37. The van der Waals surface area contributed by atoms with E-state index in [0.717, 1.165) is 0 Å². The fourth-order valence-electron chi connectivity index (χ4n) is 2.43. The molecule has 0 bridgehead atoms. The van der Waals surface area contributed by atoms with Crippen LogP contribution in [0.2, 0.25) is 5.02 Å². The molecule has 1 fully saturated rings. The minimum atomic E-state index is -0.0598. The van der Waals surface area contributed by atoms with Gasteiger partial charge in [-0.05, 0) is 23.5 Å². The predicted molar refractivity (Wildman–Crippen MR) is 79.9 cm³/mol. The average molecular weight is 294 g/mol. The second-order valence-electron chi connectivity index (χ2n) is 6.47. The summed E-state index contributed by atoms with van der Waals surface area (Å²) in [5.74, 6) is 0.317. The number of likely N-dealkylation sites (tertiary alicyclic amines) is 1. The number of hydrogen-bond acceptors (Lipinski definition) is 2. The van der Waals surface area contributed by atoms with Gasteiger partial charge in [0.25, 0.3) is 0 Å². The highest BCUT2D eigenvalue weighted by molar-refractivity contribution is 6.31. The summed E-state index contributed by atoms with van der Waals surface area (Å²) in [5.41, 5.74) is 0.647. The Balaban J connectivity index is 2.04. The van der Waals surface area contributed by atoms with Crippen LogP contribution in [0.25, 0.3) is 0 Å². The first-order valence-corrected chi connectivity index (χ1v) is 7.21. The fourth-order valence-corrected chi connectivity index (χ4v) is 2.62. The van der Waals surface area contributed by atoms with Gasteiger partial charge in [0.05, 0.1) is 6.54 Å². The Labute approximate surface area is 124 Å². The highest BCUT2D eigenvalue weighted by Crippen LogP contribution is 2.34. The molecule has 2 rings (SSSR count). The third-order valence-electron chi connectivity index (χ3n) is 3.92. The summed E-state index contributed by atoms with van der Waals surface area (Å²) in [6, 6.07) is 6.86. The van der Waals surface area contributed by atoms with Crippen molar-refractivity contribution in [3.63, 3.8) is 0 Å². The predicted octanol–water partition coefficient (Wildman–Crippen LogP) is 3.42. The smallest absolute Gasteiger partial charge is 0.223 e. The van der Waals surface area contributed by atoms with Gasteiger partial charge in [-0.25, -0.2) is 0 Å². The van der Waals surface area contributed by atoms with E-state index in [-0.39, 0.29) is 23.7 Å². The summed E-state index contributed by atoms with van der Waals surface area (Å²) in [7, 11) is 0. The zero-order valence-corrected chi connectivity index (χ0v) is 12.9. The van der Waals surface area contributed by atoms with Gasteiger partial charge in [0.15, 0.2) is 5.78 Å². The number of Topliss-reactive ketones (excluding diaryl/α,β-unsaturated/α-hetero) is 1. The third-order valence-corrected chi connectivity index (χ3v) is 4.16. The van der Waals surface area contributed by atoms with Crippen LogP contribution in [0.5, 0.6) is 0 Å². The number of rotatable bonds is 3. The number of carbonyl (C=O) groups is 2. The number of nitrogens with zero attached hydrogens (tertiary/aromatic N) is 1. The molecule has 1 aliphatic heterocycles. The van der Waals surface area contributed by atoms with Gasteiger partial charge in [-0.3, -0.25) is 9.59 Å². The molecule has 1 saturated heterocycles. The highest BCUT2D eigenvalue weighted by atomic mass is 35.5. The molecule has 20 heavy (non-hydrogen) atoms. The molecular weight excluding hydrogens is 274 g/mol. The largest absolute Gasteiger partial charge is 0.335 e. The lowest BCUT2D eigenvalue weighted by Crippen LogP contribution is -2.32. The molecule has 0 aromatic heterocycles. The van der Waals surface area contributed by atoms with Crippen LogP contribution in [0.4, 0.5) is 0 Å². The maximum atomic E-state index is 12.2. The lowest BCUT2D eigenvalue weighted by molar-refractivity contribution is -0.127. The van der Waals surface area contributed by atoms with E-state index in [0.29, 0.717) is 29.5 Å². The van der Waals surface area contributed by atoms with Crippen molar-refractivity contribution in [3.8, 4) is 0 Å². The van der Waals surface area contributed by atoms with Gasteiger partial charge in [-0.2, -0.15) is 0 Å². The van der Waals surface area contributed by atoms with Crippen molar-refractivity contribution in [1.82, 2.24) is 4.90 Å². The van der Waals surface area contributed by atoms with Gasteiger partial charge in [0, 0.05) is 23.6 Å². The topological polar surface area (TPSA) is 37.4 Å². The standard InChI is InChI=1S/C16H20ClNO2/c1-16(2,3)12-8-15(20)18(9-12)10-14(19)11-5-4-6-13(17)7-11/h4-7,12H,8-10H2,1-3H3. The summed E-state index contributed by atoms with van der Waals surface area (Å²) >= 11 is 5.88. The van der Waals surface area contributed by atoms with E-state index in [1.807, 2.05) is 0 Å². The molecule has 1 amide bonds. The van der Waals surface area contributed by atoms with E-state index in [2.05, 4.69) is 20.8 Å². The Morgan fingerprint density at radius 3 is 2.65 bits per heavy atom. The van der Waals surface area contributed by atoms with Crippen LogP contribution in [0.15, 0.2) is 24.3 Å². The first-order valence-electron chi connectivity index (χ1n) is 6.84. The SMILES string of the molecule is CC(C)(C)C1CC(=O)N(CC(=O)c2cccc(Cl)c2)C1. The van der Waals surface area contributed by atoms with E-state index >= 15 is 0 Å². The Hall–Kier alpha value is -1.35. The van der Waals surface area contributed by atoms with Gasteiger partial charge in [0.1, 0.15) is 0 Å². The second kappa shape index (κ2) is 5.57. The number of hydrogen-bond donors (Lipinski definition) is 0. The van der Waals surface area contributed by atoms with E-state index in [4.69, 9.17) is 11.6 Å². The van der Waals surface area contributed by atoms with E-state index in [1.165, 1.54) is 0 Å². The zero-order chi connectivity index (χ0) is 14.9. The first kappa shape index (κ1) is 15.0. The molecule has 0 N–H and O–H groups in total. The first-order chi connectivity index (χ1) is 9.27. The summed E-state index contributed by atoms with van der Waals surface area (Å²) in [6.07, 6.45) is 0.534. The minimum absolute atomic E-state index is 0.0598. The van der Waals surface area contributed by atoms with Crippen molar-refractivity contribution in [2.75, 3.05) is 13.1 Å². The minimum Gasteiger partial charge on any atom is -0.335 e. The second-order valence-corrected chi connectivity index (χ2v) is 6.91. The molecule has 1 aliphatic rings. The number of halogens is 1. The molecule has 1 aromatic carbocycles. The van der Waals surface area contributed by atoms with Crippen LogP contribution in [0.1, 0.15) is 37.6 Å². The number of carbonyl (C=O) groups excluding carboxylic acids is 2. The summed E-state index contributed by atoms with van der Waals surface area (Å²) in [4.78, 5) is 25.9. The number of ketones is 1. The Bertz CT molecular complexity index is 534. The van der Waals surface area contributed by atoms with Crippen LogP contribution in [-0.4, -0.2) is 29.7 Å². The molecule has 0 aliphatic carbocycles. The van der Waals surface area contributed by atoms with Crippen molar-refractivity contribution in [2.24, 2.45) is 11.3 Å². The molecule has 4 heteroatoms. The molecule has 0 spiro atoms. The Morgan fingerprint density at radius 2 is 2.10 bits per heavy atom. The molecule has 3 nitrogen and oxygen atoms in total. The van der Waals surface area contributed by atoms with E-state index in [9.17, 15) is 9.59 Å². The molecule has 1 unspecified atom stereocenters. The van der Waals surface area contributed by atoms with Gasteiger partial charge < -0.3 is 4.90 Å². The van der Waals surface area contributed by atoms with Crippen LogP contribution >= 0.6 is 11.6 Å². The quantitative estimate of drug-likeness (QED) is 0.801. The van der Waals surface area contributed by atoms with Gasteiger partial charge in [-0.1, -0.05) is 44.5 Å². The van der Waals surface area contributed by atoms with Crippen LogP contribution in [0, 0.1) is 11.3 Å². The summed E-state index contributed by atoms with van der Waals surface area (Å²) in [6.45, 7) is 7.20. The third kappa shape index (κ3) is 3.40. The maximum absolute atomic E-state index is 12.2. The molecular formula is C16H20ClNO2. The molecule has 0 saturated carbocycles. The van der Waals surface area contributed by atoms with Gasteiger partial charge in [0.2, 0.25) is 5.91 Å². The Morgan fingerprint density at radius 1 is 1.40 bits per heavy atom. The fraction of sp³-hybridized carbons (Fsp3) is 0.500. The zero-order valence-electron chi connectivity index (χ0n) is 12.1. The van der Waals surface area contributed by atoms with Crippen LogP contribution < -0.4 is 0 Å². The van der Waals surface area contributed by atoms with Crippen molar-refractivity contribution < 1.29 is 9.59 Å². The normalized spacial score (nSPS) is 19.5. The van der Waals surface area contributed by atoms with E-state index in [1.54, 1.807) is 29.2 Å². The summed E-state index contributed by atoms with van der Waals surface area (Å²) in [5, 5.41) is 0.538. The van der Waals surface area contributed by atoms with Crippen molar-refractivity contribution in [2.45, 2.75) is 27.2 Å². The van der Waals surface area contributed by atoms with Gasteiger partial charge >= 0.3 is 0 Å². The molecule has 108 valence electrons. The lowest BCUT2D eigenvalue weighted by Gasteiger charge is -2.26. The van der Waals surface area contributed by atoms with Crippen molar-refractivity contribution >= 4 is 23.3 Å². The Kier molecular flexibility index (Phi) is 4.19. The van der Waals surface area contributed by atoms with E-state index < -0.39 is 0 Å². The molecule has 0 radical (unpaired) electrons. The maximum Gasteiger partial charge on any atom is 0.223 e. The number of amides is 1. The molecule has 1 atom stereocenters. The van der Waals surface area contributed by atoms with Crippen molar-refractivity contribution in [1.29, 1.82) is 0 Å². The molecule has 1 heterocycles. The molecule has 1 aromatic rings. The van der Waals surface area contributed by atoms with Crippen LogP contribution in [-0.2, 0) is 4.79 Å².